The quantitative estimate of drug-likeness (QED) is 0.0809. The maximum Gasteiger partial charge on any atom is 0.530 e. The molecule has 262 valence electrons. The number of ether oxygens (including phenoxy) is 1. The molecule has 0 saturated heterocycles. The highest BCUT2D eigenvalue weighted by Crippen LogP contribution is 2.51. The number of phosphoric acid groups is 1. The second-order valence-electron chi connectivity index (χ2n) is 11.2. The Morgan fingerprint density at radius 3 is 1.64 bits per heavy atom. The highest BCUT2D eigenvalue weighted by molar-refractivity contribution is 7.48. The van der Waals surface area contributed by atoms with E-state index in [4.69, 9.17) is 18.3 Å². The summed E-state index contributed by atoms with van der Waals surface area (Å²) in [7, 11) is -4.12. The molecule has 3 N–H and O–H groups in total. The largest absolute Gasteiger partial charge is 0.530 e. The molecule has 0 fully saturated rings. The molecule has 2 atom stereocenters. The third kappa shape index (κ3) is 13.0. The van der Waals surface area contributed by atoms with Crippen LogP contribution in [0.4, 0.5) is 0 Å². The average Bonchev–Trinajstić information content (AvgIpc) is 3.12. The molecule has 12 nitrogen and oxygen atoms in total. The Bertz CT molecular complexity index is 1690. The van der Waals surface area contributed by atoms with Gasteiger partial charge in [0.1, 0.15) is 24.4 Å². The number of nitrogens with one attached hydrogen (secondary N) is 2. The summed E-state index contributed by atoms with van der Waals surface area (Å²) < 4.78 is 36.0. The summed E-state index contributed by atoms with van der Waals surface area (Å²) in [5, 5.41) is 14.7. The van der Waals surface area contributed by atoms with Crippen LogP contribution in [0.15, 0.2) is 115 Å². The first-order valence-corrected chi connectivity index (χ1v) is 17.3. The van der Waals surface area contributed by atoms with E-state index in [-0.39, 0.29) is 44.8 Å². The third-order valence-corrected chi connectivity index (χ3v) is 8.56. The molecule has 0 aliphatic carbocycles. The summed E-state index contributed by atoms with van der Waals surface area (Å²) in [6.07, 6.45) is -0.472. The van der Waals surface area contributed by atoms with Crippen LogP contribution in [0.2, 0.25) is 0 Å². The molecule has 0 bridgehead atoms. The highest BCUT2D eigenvalue weighted by atomic mass is 31.2. The van der Waals surface area contributed by atoms with E-state index in [1.165, 1.54) is 19.1 Å². The van der Waals surface area contributed by atoms with Gasteiger partial charge in [-0.1, -0.05) is 103 Å². The van der Waals surface area contributed by atoms with Gasteiger partial charge < -0.3 is 25.0 Å². The summed E-state index contributed by atoms with van der Waals surface area (Å²) >= 11 is 0. The average molecular weight is 703 g/mol. The van der Waals surface area contributed by atoms with Gasteiger partial charge in [-0.3, -0.25) is 23.4 Å². The van der Waals surface area contributed by atoms with E-state index < -0.39 is 43.7 Å². The molecule has 0 aliphatic heterocycles. The van der Waals surface area contributed by atoms with E-state index in [1.54, 1.807) is 36.4 Å². The van der Waals surface area contributed by atoms with E-state index in [1.807, 2.05) is 66.7 Å². The number of hydrogen-bond acceptors (Lipinski definition) is 9. The van der Waals surface area contributed by atoms with Crippen molar-refractivity contribution in [2.75, 3.05) is 0 Å². The van der Waals surface area contributed by atoms with Gasteiger partial charge in [-0.2, -0.15) is 0 Å². The second kappa shape index (κ2) is 19.0. The topological polar surface area (TPSA) is 167 Å². The number of esters is 1. The fourth-order valence-electron chi connectivity index (χ4n) is 4.65. The lowest BCUT2D eigenvalue weighted by Gasteiger charge is -2.21. The highest BCUT2D eigenvalue weighted by Gasteiger charge is 2.30. The molecule has 4 aromatic carbocycles. The number of carbonyl (C=O) groups is 4. The van der Waals surface area contributed by atoms with Gasteiger partial charge in [0.2, 0.25) is 11.8 Å². The van der Waals surface area contributed by atoms with E-state index in [0.717, 1.165) is 16.7 Å². The Morgan fingerprint density at radius 1 is 0.660 bits per heavy atom. The standard InChI is InChI=1S/C37H39N2O10P/c1-27(40)38-34(36(42)39-33(37(43)44)21-22-35(41)46-24-29-11-5-2-6-12-29)23-28-17-19-32(20-18-28)49-50(45,47-25-30-13-7-3-8-14-30)48-26-31-15-9-4-10-16-31/h2-20,33-34H,21-26H2,1H3,(H,38,40)(H,39,42)(H,43,44)/t33-,34-/m0/s1. The van der Waals surface area contributed by atoms with E-state index in [2.05, 4.69) is 10.6 Å². The molecule has 4 rings (SSSR count). The number of carbonyl (C=O) groups excluding carboxylic acids is 3. The molecule has 4 aromatic rings. The first-order chi connectivity index (χ1) is 24.1. The molecule has 50 heavy (non-hydrogen) atoms. The van der Waals surface area contributed by atoms with Crippen LogP contribution < -0.4 is 15.2 Å². The minimum atomic E-state index is -4.12. The predicted molar refractivity (Wildman–Crippen MR) is 183 cm³/mol. The molecule has 0 radical (unpaired) electrons. The van der Waals surface area contributed by atoms with Crippen LogP contribution in [-0.4, -0.2) is 40.9 Å². The number of benzene rings is 4. The molecule has 0 spiro atoms. The summed E-state index contributed by atoms with van der Waals surface area (Å²) in [5.74, 6) is -3.04. The predicted octanol–water partition coefficient (Wildman–Crippen LogP) is 5.75. The van der Waals surface area contributed by atoms with Crippen LogP contribution in [0.25, 0.3) is 0 Å². The number of hydrogen-bond donors (Lipinski definition) is 3. The van der Waals surface area contributed by atoms with Crippen molar-refractivity contribution in [1.82, 2.24) is 10.6 Å². The Labute approximate surface area is 290 Å². The van der Waals surface area contributed by atoms with Gasteiger partial charge in [0.15, 0.2) is 0 Å². The number of aliphatic carboxylic acids is 1. The van der Waals surface area contributed by atoms with Gasteiger partial charge >= 0.3 is 19.8 Å². The monoisotopic (exact) mass is 702 g/mol. The van der Waals surface area contributed by atoms with Crippen LogP contribution in [0.3, 0.4) is 0 Å². The fourth-order valence-corrected chi connectivity index (χ4v) is 5.83. The van der Waals surface area contributed by atoms with Crippen molar-refractivity contribution in [3.05, 3.63) is 138 Å². The van der Waals surface area contributed by atoms with Gasteiger partial charge in [0, 0.05) is 19.8 Å². The molecule has 0 saturated carbocycles. The maximum atomic E-state index is 13.7. The Hall–Kier alpha value is -5.29. The van der Waals surface area contributed by atoms with E-state index >= 15 is 0 Å². The zero-order valence-electron chi connectivity index (χ0n) is 27.4. The number of carboxylic acids is 1. The van der Waals surface area contributed by atoms with Gasteiger partial charge in [0.05, 0.1) is 13.2 Å². The minimum Gasteiger partial charge on any atom is -0.480 e. The molecule has 0 aromatic heterocycles. The van der Waals surface area contributed by atoms with Crippen LogP contribution in [0.1, 0.15) is 42.0 Å². The van der Waals surface area contributed by atoms with Crippen molar-refractivity contribution in [2.24, 2.45) is 0 Å². The lowest BCUT2D eigenvalue weighted by atomic mass is 10.0. The summed E-state index contributed by atoms with van der Waals surface area (Å²) in [6.45, 7) is 1.23. The molecule has 0 unspecified atom stereocenters. The maximum absolute atomic E-state index is 13.7. The second-order valence-corrected chi connectivity index (χ2v) is 12.8. The zero-order valence-corrected chi connectivity index (χ0v) is 28.3. The smallest absolute Gasteiger partial charge is 0.480 e. The number of rotatable bonds is 19. The van der Waals surface area contributed by atoms with Crippen molar-refractivity contribution >= 4 is 31.6 Å². The molecule has 13 heteroatoms. The van der Waals surface area contributed by atoms with Crippen LogP contribution in [0.5, 0.6) is 5.75 Å². The number of amides is 2. The Morgan fingerprint density at radius 2 is 1.16 bits per heavy atom. The van der Waals surface area contributed by atoms with Gasteiger partial charge in [-0.15, -0.1) is 0 Å². The van der Waals surface area contributed by atoms with Crippen molar-refractivity contribution in [2.45, 2.75) is 58.1 Å². The molecule has 0 heterocycles. The van der Waals surface area contributed by atoms with Gasteiger partial charge in [-0.05, 0) is 40.8 Å². The van der Waals surface area contributed by atoms with Crippen molar-refractivity contribution in [3.8, 4) is 5.75 Å². The summed E-state index contributed by atoms with van der Waals surface area (Å²) in [4.78, 5) is 49.3. The minimum absolute atomic E-state index is 0.0101. The SMILES string of the molecule is CC(=O)N[C@@H](Cc1ccc(OP(=O)(OCc2ccccc2)OCc2ccccc2)cc1)C(=O)N[C@@H](CCC(=O)OCc1ccccc1)C(=O)O. The molecule has 2 amide bonds. The first kappa shape index (κ1) is 37.5. The van der Waals surface area contributed by atoms with Gasteiger partial charge in [-0.25, -0.2) is 9.36 Å². The van der Waals surface area contributed by atoms with Gasteiger partial charge in [0.25, 0.3) is 0 Å². The third-order valence-electron chi connectivity index (χ3n) is 7.23. The van der Waals surface area contributed by atoms with Crippen LogP contribution in [0, 0.1) is 0 Å². The van der Waals surface area contributed by atoms with Crippen LogP contribution >= 0.6 is 7.82 Å². The van der Waals surface area contributed by atoms with Crippen molar-refractivity contribution < 1.29 is 47.2 Å². The van der Waals surface area contributed by atoms with Crippen molar-refractivity contribution in [3.63, 3.8) is 0 Å². The fraction of sp³-hybridized carbons (Fsp3) is 0.243. The normalized spacial score (nSPS) is 12.3. The Balaban J connectivity index is 1.37. The lowest BCUT2D eigenvalue weighted by Crippen LogP contribution is -2.52. The zero-order chi connectivity index (χ0) is 35.8. The summed E-state index contributed by atoms with van der Waals surface area (Å²) in [6, 6.07) is 31.0. The molecular formula is C37H39N2O10P. The summed E-state index contributed by atoms with van der Waals surface area (Å²) in [5.41, 5.74) is 2.90. The van der Waals surface area contributed by atoms with E-state index in [9.17, 15) is 28.8 Å². The number of phosphoric ester groups is 1. The number of carboxylic acid groups (broad SMARTS) is 1. The molecule has 0 aliphatic rings. The van der Waals surface area contributed by atoms with Crippen LogP contribution in [-0.2, 0) is 63.8 Å². The van der Waals surface area contributed by atoms with E-state index in [0.29, 0.717) is 5.56 Å². The van der Waals surface area contributed by atoms with Crippen molar-refractivity contribution in [1.29, 1.82) is 0 Å². The lowest BCUT2D eigenvalue weighted by molar-refractivity contribution is -0.146. The first-order valence-electron chi connectivity index (χ1n) is 15.8. The molecular weight excluding hydrogens is 663 g/mol. The Kier molecular flexibility index (Phi) is 14.3.